The second-order valence-corrected chi connectivity index (χ2v) is 10.3. The first kappa shape index (κ1) is 23.4. The zero-order chi connectivity index (χ0) is 27.2. The van der Waals surface area contributed by atoms with Crippen LogP contribution in [0.25, 0.3) is 0 Å². The van der Waals surface area contributed by atoms with Gasteiger partial charge in [-0.15, -0.1) is 0 Å². The Kier molecular flexibility index (Phi) is 5.48. The van der Waals surface area contributed by atoms with Crippen LogP contribution in [0.1, 0.15) is 22.7 Å². The van der Waals surface area contributed by atoms with E-state index in [9.17, 15) is 0 Å². The first-order chi connectivity index (χ1) is 20.3. The second kappa shape index (κ2) is 9.61. The molecule has 0 aliphatic carbocycles. The van der Waals surface area contributed by atoms with Crippen LogP contribution in [0.15, 0.2) is 148 Å². The third kappa shape index (κ3) is 4.00. The molecule has 0 fully saturated rings. The third-order valence-electron chi connectivity index (χ3n) is 7.74. The minimum Gasteiger partial charge on any atom is -0.374 e. The van der Waals surface area contributed by atoms with E-state index in [4.69, 9.17) is 15.0 Å². The average Bonchev–Trinajstić information content (AvgIpc) is 3.35. The van der Waals surface area contributed by atoms with E-state index < -0.39 is 0 Å². The Balaban J connectivity index is 1.47. The number of rotatable bonds is 2. The third-order valence-corrected chi connectivity index (χ3v) is 7.74. The molecule has 0 saturated heterocycles. The van der Waals surface area contributed by atoms with Crippen LogP contribution in [-0.2, 0) is 0 Å². The maximum atomic E-state index is 5.34. The van der Waals surface area contributed by atoms with Crippen molar-refractivity contribution in [3.05, 3.63) is 150 Å². The van der Waals surface area contributed by atoms with Crippen molar-refractivity contribution in [3.8, 4) is 0 Å². The number of benzene rings is 5. The molecule has 2 atom stereocenters. The van der Waals surface area contributed by atoms with E-state index in [1.165, 1.54) is 0 Å². The lowest BCUT2D eigenvalue weighted by atomic mass is 9.95. The zero-order valence-corrected chi connectivity index (χ0v) is 22.1. The van der Waals surface area contributed by atoms with Gasteiger partial charge in [-0.3, -0.25) is 4.90 Å². The van der Waals surface area contributed by atoms with Gasteiger partial charge in [0.25, 0.3) is 0 Å². The minimum atomic E-state index is -0.316. The highest BCUT2D eigenvalue weighted by atomic mass is 15.3. The molecule has 8 rings (SSSR count). The van der Waals surface area contributed by atoms with Gasteiger partial charge >= 0.3 is 0 Å². The van der Waals surface area contributed by atoms with Gasteiger partial charge in [0.15, 0.2) is 0 Å². The van der Waals surface area contributed by atoms with Crippen molar-refractivity contribution in [2.45, 2.75) is 12.1 Å². The predicted molar refractivity (Wildman–Crippen MR) is 167 cm³/mol. The molecule has 5 aromatic carbocycles. The quantitative estimate of drug-likeness (QED) is 0.244. The van der Waals surface area contributed by atoms with Crippen molar-refractivity contribution in [3.63, 3.8) is 0 Å². The molecule has 3 heterocycles. The van der Waals surface area contributed by atoms with Crippen molar-refractivity contribution in [2.75, 3.05) is 10.6 Å². The van der Waals surface area contributed by atoms with Gasteiger partial charge in [0.05, 0.1) is 34.5 Å². The number of anilines is 2. The lowest BCUT2D eigenvalue weighted by Crippen LogP contribution is -2.53. The number of nitrogens with zero attached hydrogens (tertiary/aromatic N) is 4. The van der Waals surface area contributed by atoms with E-state index >= 15 is 0 Å². The van der Waals surface area contributed by atoms with Crippen LogP contribution in [0.2, 0.25) is 0 Å². The summed E-state index contributed by atoms with van der Waals surface area (Å²) in [7, 11) is 0. The average molecular weight is 531 g/mol. The molecule has 6 nitrogen and oxygen atoms in total. The summed E-state index contributed by atoms with van der Waals surface area (Å²) in [6.07, 6.45) is 0. The molecule has 3 aliphatic rings. The molecule has 41 heavy (non-hydrogen) atoms. The van der Waals surface area contributed by atoms with Crippen LogP contribution < -0.4 is 10.6 Å². The largest absolute Gasteiger partial charge is 0.374 e. The van der Waals surface area contributed by atoms with Gasteiger partial charge in [-0.05, 0) is 42.0 Å². The Labute approximate surface area is 238 Å². The summed E-state index contributed by atoms with van der Waals surface area (Å²) in [4.78, 5) is 18.3. The molecule has 5 aromatic rings. The van der Waals surface area contributed by atoms with E-state index in [0.717, 1.165) is 62.6 Å². The molecular weight excluding hydrogens is 504 g/mol. The SMILES string of the molecule is c1ccc(C2=Nc3ccccc3N=C3c4ccccc4N=C4Nc5ccccc5NC(c5ccccc5)C4N23)cc1. The van der Waals surface area contributed by atoms with Crippen molar-refractivity contribution in [1.29, 1.82) is 0 Å². The summed E-state index contributed by atoms with van der Waals surface area (Å²) < 4.78 is 0. The van der Waals surface area contributed by atoms with Crippen molar-refractivity contribution >= 4 is 45.9 Å². The predicted octanol–water partition coefficient (Wildman–Crippen LogP) is 7.85. The molecule has 3 aliphatic heterocycles. The van der Waals surface area contributed by atoms with Crippen LogP contribution in [0.3, 0.4) is 0 Å². The normalized spacial score (nSPS) is 18.5. The summed E-state index contributed by atoms with van der Waals surface area (Å²) in [5.41, 5.74) is 7.61. The molecule has 6 heteroatoms. The van der Waals surface area contributed by atoms with Crippen LogP contribution in [0.4, 0.5) is 28.4 Å². The number of amidine groups is 3. The summed E-state index contributed by atoms with van der Waals surface area (Å²) in [6, 6.07) is 45.1. The summed E-state index contributed by atoms with van der Waals surface area (Å²) in [5, 5.41) is 7.61. The van der Waals surface area contributed by atoms with E-state index in [1.54, 1.807) is 0 Å². The first-order valence-corrected chi connectivity index (χ1v) is 13.8. The lowest BCUT2D eigenvalue weighted by molar-refractivity contribution is 0.483. The van der Waals surface area contributed by atoms with Gasteiger partial charge in [-0.2, -0.15) is 0 Å². The van der Waals surface area contributed by atoms with Crippen LogP contribution >= 0.6 is 0 Å². The van der Waals surface area contributed by atoms with Gasteiger partial charge < -0.3 is 10.6 Å². The fraction of sp³-hybridized carbons (Fsp3) is 0.0571. The Bertz CT molecular complexity index is 1860. The highest BCUT2D eigenvalue weighted by Gasteiger charge is 2.43. The van der Waals surface area contributed by atoms with E-state index in [0.29, 0.717) is 0 Å². The standard InChI is InChI=1S/C35H26N6/c1-3-13-23(14-4-1)31-32-33(38-28-20-10-9-19-27(28)36-31)37-26-18-8-7-17-25(26)35-40-30-22-12-11-21-29(30)39-34(41(32)35)24-15-5-2-6-16-24/h1-22,31-32,36H,(H,37,38). The maximum absolute atomic E-state index is 5.34. The molecular formula is C35H26N6. The van der Waals surface area contributed by atoms with E-state index in [-0.39, 0.29) is 12.1 Å². The molecule has 0 spiro atoms. The monoisotopic (exact) mass is 530 g/mol. The maximum Gasteiger partial charge on any atom is 0.145 e. The van der Waals surface area contributed by atoms with Crippen molar-refractivity contribution < 1.29 is 0 Å². The molecule has 0 radical (unpaired) electrons. The topological polar surface area (TPSA) is 64.4 Å². The van der Waals surface area contributed by atoms with E-state index in [1.807, 2.05) is 48.5 Å². The fourth-order valence-corrected chi connectivity index (χ4v) is 5.85. The number of para-hydroxylation sites is 5. The second-order valence-electron chi connectivity index (χ2n) is 10.3. The lowest BCUT2D eigenvalue weighted by Gasteiger charge is -2.38. The smallest absolute Gasteiger partial charge is 0.145 e. The van der Waals surface area contributed by atoms with Gasteiger partial charge in [-0.25, -0.2) is 15.0 Å². The van der Waals surface area contributed by atoms with Crippen LogP contribution in [-0.4, -0.2) is 28.4 Å². The van der Waals surface area contributed by atoms with Crippen molar-refractivity contribution in [2.24, 2.45) is 15.0 Å². The zero-order valence-electron chi connectivity index (χ0n) is 22.1. The van der Waals surface area contributed by atoms with E-state index in [2.05, 4.69) is 100 Å². The van der Waals surface area contributed by atoms with Gasteiger partial charge in [-0.1, -0.05) is 97.1 Å². The highest BCUT2D eigenvalue weighted by molar-refractivity contribution is 6.23. The Morgan fingerprint density at radius 1 is 0.512 bits per heavy atom. The molecule has 2 N–H and O–H groups in total. The van der Waals surface area contributed by atoms with Crippen molar-refractivity contribution in [1.82, 2.24) is 4.90 Å². The minimum absolute atomic E-state index is 0.180. The van der Waals surface area contributed by atoms with Gasteiger partial charge in [0, 0.05) is 11.1 Å². The van der Waals surface area contributed by atoms with Crippen LogP contribution in [0.5, 0.6) is 0 Å². The summed E-state index contributed by atoms with van der Waals surface area (Å²) in [6.45, 7) is 0. The number of hydrogen-bond acceptors (Lipinski definition) is 6. The molecule has 0 bridgehead atoms. The van der Waals surface area contributed by atoms with Gasteiger partial charge in [0.2, 0.25) is 0 Å². The molecule has 0 aromatic heterocycles. The summed E-state index contributed by atoms with van der Waals surface area (Å²) >= 11 is 0. The Hall–Kier alpha value is -5.49. The summed E-state index contributed by atoms with van der Waals surface area (Å²) in [5.74, 6) is 2.45. The first-order valence-electron chi connectivity index (χ1n) is 13.8. The highest BCUT2D eigenvalue weighted by Crippen LogP contribution is 2.42. The number of fused-ring (bicyclic) bond motifs is 7. The number of aliphatic imine (C=N–C) groups is 3. The van der Waals surface area contributed by atoms with Gasteiger partial charge in [0.1, 0.15) is 23.5 Å². The number of hydrogen-bond donors (Lipinski definition) is 2. The van der Waals surface area contributed by atoms with Crippen LogP contribution in [0, 0.1) is 0 Å². The number of nitrogens with one attached hydrogen (secondary N) is 2. The molecule has 2 unspecified atom stereocenters. The molecule has 0 saturated carbocycles. The molecule has 196 valence electrons. The molecule has 0 amide bonds. The Morgan fingerprint density at radius 2 is 1.10 bits per heavy atom. The Morgan fingerprint density at radius 3 is 1.85 bits per heavy atom. The fourth-order valence-electron chi connectivity index (χ4n) is 5.85.